The second-order valence-corrected chi connectivity index (χ2v) is 6.36. The summed E-state index contributed by atoms with van der Waals surface area (Å²) in [6, 6.07) is 7.93. The van der Waals surface area contributed by atoms with E-state index in [0.29, 0.717) is 0 Å². The summed E-state index contributed by atoms with van der Waals surface area (Å²) < 4.78 is 0. The third-order valence-electron chi connectivity index (χ3n) is 4.14. The van der Waals surface area contributed by atoms with Crippen molar-refractivity contribution in [2.24, 2.45) is 0 Å². The number of hydrogen-bond donors (Lipinski definition) is 1. The van der Waals surface area contributed by atoms with Gasteiger partial charge in [0, 0.05) is 6.08 Å². The molecule has 0 saturated carbocycles. The smallest absolute Gasteiger partial charge is 0.328 e. The molecule has 1 aromatic carbocycles. The maximum absolute atomic E-state index is 10.5. The van der Waals surface area contributed by atoms with Crippen LogP contribution in [0.2, 0.25) is 0 Å². The molecule has 0 atom stereocenters. The molecular weight excluding hydrogens is 296 g/mol. The van der Waals surface area contributed by atoms with Gasteiger partial charge in [-0.15, -0.1) is 0 Å². The molecule has 1 aromatic rings. The summed E-state index contributed by atoms with van der Waals surface area (Å²) in [5.41, 5.74) is 2.08. The lowest BCUT2D eigenvalue weighted by atomic mass is 10.1. The minimum absolute atomic E-state index is 0.911. The Kier molecular flexibility index (Phi) is 11.5. The van der Waals surface area contributed by atoms with Crippen molar-refractivity contribution in [3.63, 3.8) is 0 Å². The Morgan fingerprint density at radius 1 is 0.833 bits per heavy atom. The molecule has 1 rings (SSSR count). The fourth-order valence-electron chi connectivity index (χ4n) is 2.68. The van der Waals surface area contributed by atoms with Crippen LogP contribution in [-0.4, -0.2) is 11.1 Å². The lowest BCUT2D eigenvalue weighted by Crippen LogP contribution is -1.85. The highest BCUT2D eigenvalue weighted by Crippen LogP contribution is 2.12. The second-order valence-electron chi connectivity index (χ2n) is 6.36. The molecule has 2 nitrogen and oxygen atoms in total. The minimum atomic E-state index is -0.917. The minimum Gasteiger partial charge on any atom is -0.478 e. The van der Waals surface area contributed by atoms with Crippen LogP contribution in [-0.2, 0) is 4.79 Å². The third-order valence-corrected chi connectivity index (χ3v) is 4.14. The van der Waals surface area contributed by atoms with Crippen molar-refractivity contribution >= 4 is 18.1 Å². The largest absolute Gasteiger partial charge is 0.478 e. The number of allylic oxidation sites excluding steroid dienone is 1. The topological polar surface area (TPSA) is 37.3 Å². The molecule has 0 spiro atoms. The van der Waals surface area contributed by atoms with Crippen molar-refractivity contribution in [3.05, 3.63) is 47.5 Å². The summed E-state index contributed by atoms with van der Waals surface area (Å²) in [7, 11) is 0. The molecule has 0 heterocycles. The van der Waals surface area contributed by atoms with Crippen LogP contribution < -0.4 is 0 Å². The van der Waals surface area contributed by atoms with Crippen molar-refractivity contribution < 1.29 is 9.90 Å². The average molecular weight is 328 g/mol. The van der Waals surface area contributed by atoms with Gasteiger partial charge in [0.25, 0.3) is 0 Å². The van der Waals surface area contributed by atoms with Gasteiger partial charge in [-0.05, 0) is 30.0 Å². The average Bonchev–Trinajstić information content (AvgIpc) is 2.59. The van der Waals surface area contributed by atoms with Gasteiger partial charge in [-0.1, -0.05) is 94.7 Å². The van der Waals surface area contributed by atoms with Crippen LogP contribution in [0.4, 0.5) is 0 Å². The van der Waals surface area contributed by atoms with Gasteiger partial charge in [0.05, 0.1) is 0 Å². The molecular formula is C22H32O2. The first-order valence-electron chi connectivity index (χ1n) is 9.40. The van der Waals surface area contributed by atoms with Gasteiger partial charge >= 0.3 is 5.97 Å². The number of carboxylic acids is 1. The van der Waals surface area contributed by atoms with E-state index < -0.39 is 5.97 Å². The number of hydrogen-bond acceptors (Lipinski definition) is 1. The summed E-state index contributed by atoms with van der Waals surface area (Å²) in [5.74, 6) is -0.917. The summed E-state index contributed by atoms with van der Waals surface area (Å²) in [6.07, 6.45) is 20.6. The van der Waals surface area contributed by atoms with E-state index in [0.717, 1.165) is 18.1 Å². The van der Waals surface area contributed by atoms with Crippen LogP contribution in [0.1, 0.15) is 82.3 Å². The highest BCUT2D eigenvalue weighted by molar-refractivity contribution is 5.85. The predicted molar refractivity (Wildman–Crippen MR) is 104 cm³/mol. The number of benzene rings is 1. The van der Waals surface area contributed by atoms with Crippen molar-refractivity contribution in [1.82, 2.24) is 0 Å². The number of rotatable bonds is 13. The normalized spacial score (nSPS) is 11.5. The van der Waals surface area contributed by atoms with Crippen LogP contribution in [0.15, 0.2) is 36.4 Å². The van der Waals surface area contributed by atoms with E-state index in [-0.39, 0.29) is 0 Å². The van der Waals surface area contributed by atoms with Gasteiger partial charge in [-0.25, -0.2) is 4.79 Å². The molecule has 0 fully saturated rings. The van der Waals surface area contributed by atoms with E-state index in [4.69, 9.17) is 5.11 Å². The number of unbranched alkanes of at least 4 members (excludes halogenated alkanes) is 9. The van der Waals surface area contributed by atoms with Gasteiger partial charge in [0.2, 0.25) is 0 Å². The van der Waals surface area contributed by atoms with Crippen molar-refractivity contribution in [3.8, 4) is 0 Å². The van der Waals surface area contributed by atoms with Crippen LogP contribution in [0, 0.1) is 0 Å². The van der Waals surface area contributed by atoms with E-state index in [1.807, 2.05) is 24.3 Å². The number of carboxylic acid groups (broad SMARTS) is 1. The van der Waals surface area contributed by atoms with E-state index in [1.165, 1.54) is 63.4 Å². The maximum atomic E-state index is 10.5. The fraction of sp³-hybridized carbons (Fsp3) is 0.500. The van der Waals surface area contributed by atoms with Crippen LogP contribution in [0.25, 0.3) is 12.2 Å². The Morgan fingerprint density at radius 3 is 1.88 bits per heavy atom. The maximum Gasteiger partial charge on any atom is 0.328 e. The summed E-state index contributed by atoms with van der Waals surface area (Å²) >= 11 is 0. The van der Waals surface area contributed by atoms with Gasteiger partial charge in [0.15, 0.2) is 0 Å². The first-order valence-corrected chi connectivity index (χ1v) is 9.40. The molecule has 0 saturated heterocycles. The zero-order chi connectivity index (χ0) is 17.5. The summed E-state index contributed by atoms with van der Waals surface area (Å²) in [4.78, 5) is 10.5. The Hall–Kier alpha value is -1.83. The highest BCUT2D eigenvalue weighted by atomic mass is 16.4. The highest BCUT2D eigenvalue weighted by Gasteiger charge is 1.92. The molecule has 0 aliphatic rings. The second kappa shape index (κ2) is 13.6. The van der Waals surface area contributed by atoms with Crippen LogP contribution in [0.5, 0.6) is 0 Å². The quantitative estimate of drug-likeness (QED) is 0.322. The van der Waals surface area contributed by atoms with Crippen LogP contribution in [0.3, 0.4) is 0 Å². The van der Waals surface area contributed by atoms with E-state index in [1.54, 1.807) is 6.08 Å². The Bertz CT molecular complexity index is 497. The van der Waals surface area contributed by atoms with Crippen molar-refractivity contribution in [1.29, 1.82) is 0 Å². The molecule has 0 bridgehead atoms. The lowest BCUT2D eigenvalue weighted by Gasteiger charge is -2.00. The molecule has 0 aliphatic carbocycles. The number of aliphatic carboxylic acids is 1. The fourth-order valence-corrected chi connectivity index (χ4v) is 2.68. The van der Waals surface area contributed by atoms with Gasteiger partial charge in [0.1, 0.15) is 0 Å². The zero-order valence-corrected chi connectivity index (χ0v) is 15.0. The number of carbonyl (C=O) groups is 1. The van der Waals surface area contributed by atoms with E-state index >= 15 is 0 Å². The molecule has 0 unspecified atom stereocenters. The monoisotopic (exact) mass is 328 g/mol. The zero-order valence-electron chi connectivity index (χ0n) is 15.0. The molecule has 24 heavy (non-hydrogen) atoms. The Morgan fingerprint density at radius 2 is 1.33 bits per heavy atom. The molecule has 1 N–H and O–H groups in total. The van der Waals surface area contributed by atoms with Crippen LogP contribution >= 0.6 is 0 Å². The van der Waals surface area contributed by atoms with Gasteiger partial charge in [-0.3, -0.25) is 0 Å². The third kappa shape index (κ3) is 10.8. The standard InChI is InChI=1S/C22H32O2/c1-2-3-4-5-6-7-8-9-10-11-12-13-20-14-16-21(17-15-20)18-19-22(23)24/h12-19H,2-11H2,1H3,(H,23,24)/b13-12?,19-18+. The SMILES string of the molecule is CCCCCCCCCCCC=Cc1ccc(/C=C/C(=O)O)cc1. The summed E-state index contributed by atoms with van der Waals surface area (Å²) in [5, 5.41) is 8.60. The summed E-state index contributed by atoms with van der Waals surface area (Å²) in [6.45, 7) is 2.26. The molecule has 0 radical (unpaired) electrons. The molecule has 0 aromatic heterocycles. The van der Waals surface area contributed by atoms with E-state index in [2.05, 4.69) is 19.1 Å². The van der Waals surface area contributed by atoms with Gasteiger partial charge in [-0.2, -0.15) is 0 Å². The molecule has 0 amide bonds. The Balaban J connectivity index is 2.09. The van der Waals surface area contributed by atoms with Crippen molar-refractivity contribution in [2.45, 2.75) is 71.1 Å². The van der Waals surface area contributed by atoms with E-state index in [9.17, 15) is 4.79 Å². The molecule has 2 heteroatoms. The molecule has 132 valence electrons. The Labute approximate surface area is 147 Å². The van der Waals surface area contributed by atoms with Crippen molar-refractivity contribution in [2.75, 3.05) is 0 Å². The molecule has 0 aliphatic heterocycles. The first kappa shape index (κ1) is 20.2. The van der Waals surface area contributed by atoms with Gasteiger partial charge < -0.3 is 5.11 Å². The first-order chi connectivity index (χ1) is 11.7. The predicted octanol–water partition coefficient (Wildman–Crippen LogP) is 6.72. The lowest BCUT2D eigenvalue weighted by molar-refractivity contribution is -0.131.